The number of halogens is 1. The molecule has 1 heterocycles. The number of nitrogens with two attached hydrogens (primary N) is 1. The van der Waals surface area contributed by atoms with Crippen molar-refractivity contribution in [2.75, 3.05) is 25.3 Å². The maximum atomic E-state index is 12.6. The second-order valence-electron chi connectivity index (χ2n) is 4.79. The molecule has 0 unspecified atom stereocenters. The third kappa shape index (κ3) is 4.98. The summed E-state index contributed by atoms with van der Waals surface area (Å²) in [5, 5.41) is 3.23. The lowest BCUT2D eigenvalue weighted by molar-refractivity contribution is -0.115. The smallest absolute Gasteiger partial charge is 0.258 e. The van der Waals surface area contributed by atoms with E-state index in [4.69, 9.17) is 15.2 Å². The first-order chi connectivity index (χ1) is 11.8. The molecule has 2 aromatic rings. The fourth-order valence-corrected chi connectivity index (χ4v) is 4.46. The van der Waals surface area contributed by atoms with Crippen LogP contribution in [0.15, 0.2) is 16.3 Å². The van der Waals surface area contributed by atoms with E-state index in [1.165, 1.54) is 37.3 Å². The van der Waals surface area contributed by atoms with Crippen LogP contribution in [0.5, 0.6) is 11.5 Å². The SMILES string of the molecule is COc1cc(I)c(C(=O)Nc2nc(C)c(SCC(N)=O)s2)cc1OC. The molecule has 0 saturated carbocycles. The van der Waals surface area contributed by atoms with Gasteiger partial charge in [0.2, 0.25) is 5.91 Å². The van der Waals surface area contributed by atoms with E-state index in [0.29, 0.717) is 22.2 Å². The largest absolute Gasteiger partial charge is 0.493 e. The third-order valence-electron chi connectivity index (χ3n) is 3.04. The number of hydrogen-bond acceptors (Lipinski definition) is 7. The summed E-state index contributed by atoms with van der Waals surface area (Å²) in [5.74, 6) is 0.498. The number of primary amides is 1. The average Bonchev–Trinajstić information content (AvgIpc) is 2.91. The van der Waals surface area contributed by atoms with Crippen LogP contribution in [0, 0.1) is 10.5 Å². The minimum absolute atomic E-state index is 0.171. The van der Waals surface area contributed by atoms with Crippen LogP contribution in [0.25, 0.3) is 0 Å². The molecule has 0 aliphatic heterocycles. The monoisotopic (exact) mass is 493 g/mol. The number of rotatable bonds is 7. The molecular formula is C15H16IN3O4S2. The molecule has 0 spiro atoms. The summed E-state index contributed by atoms with van der Waals surface area (Å²) in [6.45, 7) is 1.82. The van der Waals surface area contributed by atoms with Crippen molar-refractivity contribution >= 4 is 62.6 Å². The van der Waals surface area contributed by atoms with Gasteiger partial charge in [0.05, 0.1) is 35.4 Å². The van der Waals surface area contributed by atoms with Crippen LogP contribution in [0.2, 0.25) is 0 Å². The van der Waals surface area contributed by atoms with Gasteiger partial charge < -0.3 is 15.2 Å². The Labute approximate surface area is 166 Å². The lowest BCUT2D eigenvalue weighted by Crippen LogP contribution is -2.13. The van der Waals surface area contributed by atoms with Crippen molar-refractivity contribution in [3.05, 3.63) is 27.0 Å². The van der Waals surface area contributed by atoms with Crippen molar-refractivity contribution in [3.8, 4) is 11.5 Å². The highest BCUT2D eigenvalue weighted by Gasteiger charge is 2.18. The van der Waals surface area contributed by atoms with Gasteiger partial charge >= 0.3 is 0 Å². The molecule has 10 heteroatoms. The second-order valence-corrected chi connectivity index (χ2v) is 8.19. The fourth-order valence-electron chi connectivity index (χ4n) is 1.90. The van der Waals surface area contributed by atoms with E-state index in [1.54, 1.807) is 12.1 Å². The number of nitrogens with one attached hydrogen (secondary N) is 1. The van der Waals surface area contributed by atoms with Crippen LogP contribution in [0.3, 0.4) is 0 Å². The molecule has 7 nitrogen and oxygen atoms in total. The van der Waals surface area contributed by atoms with E-state index in [0.717, 1.165) is 13.5 Å². The number of methoxy groups -OCH3 is 2. The zero-order valence-electron chi connectivity index (χ0n) is 13.7. The Morgan fingerprint density at radius 2 is 1.96 bits per heavy atom. The Balaban J connectivity index is 2.20. The Hall–Kier alpha value is -1.53. The molecule has 1 aromatic heterocycles. The number of hydrogen-bond donors (Lipinski definition) is 2. The molecule has 1 aromatic carbocycles. The van der Waals surface area contributed by atoms with Crippen molar-refractivity contribution in [2.45, 2.75) is 11.1 Å². The first kappa shape index (κ1) is 19.8. The maximum absolute atomic E-state index is 12.6. The van der Waals surface area contributed by atoms with Crippen LogP contribution >= 0.6 is 45.7 Å². The van der Waals surface area contributed by atoms with Crippen molar-refractivity contribution in [1.29, 1.82) is 0 Å². The average molecular weight is 493 g/mol. The normalized spacial score (nSPS) is 10.4. The molecule has 0 radical (unpaired) electrons. The molecule has 2 rings (SSSR count). The van der Waals surface area contributed by atoms with Gasteiger partial charge in [-0.15, -0.1) is 11.8 Å². The van der Waals surface area contributed by atoms with Gasteiger partial charge in [-0.3, -0.25) is 14.9 Å². The van der Waals surface area contributed by atoms with E-state index in [1.807, 2.05) is 6.92 Å². The summed E-state index contributed by atoms with van der Waals surface area (Å²) in [4.78, 5) is 27.8. The van der Waals surface area contributed by atoms with Gasteiger partial charge in [-0.2, -0.15) is 0 Å². The van der Waals surface area contributed by atoms with E-state index in [2.05, 4.69) is 32.9 Å². The van der Waals surface area contributed by atoms with Crippen LogP contribution in [0.1, 0.15) is 16.1 Å². The Morgan fingerprint density at radius 1 is 1.32 bits per heavy atom. The van der Waals surface area contributed by atoms with Crippen molar-refractivity contribution < 1.29 is 19.1 Å². The van der Waals surface area contributed by atoms with Gasteiger partial charge in [0.1, 0.15) is 0 Å². The number of carbonyl (C=O) groups excluding carboxylic acids is 2. The number of nitrogens with zero attached hydrogens (tertiary/aromatic N) is 1. The molecule has 2 amide bonds. The number of carbonyl (C=O) groups is 2. The first-order valence-electron chi connectivity index (χ1n) is 6.97. The minimum atomic E-state index is -0.400. The van der Waals surface area contributed by atoms with Crippen molar-refractivity contribution in [2.24, 2.45) is 5.73 Å². The van der Waals surface area contributed by atoms with E-state index >= 15 is 0 Å². The maximum Gasteiger partial charge on any atom is 0.258 e. The minimum Gasteiger partial charge on any atom is -0.493 e. The van der Waals surface area contributed by atoms with Gasteiger partial charge in [-0.1, -0.05) is 11.3 Å². The molecule has 0 bridgehead atoms. The summed E-state index contributed by atoms with van der Waals surface area (Å²) < 4.78 is 12.0. The lowest BCUT2D eigenvalue weighted by Gasteiger charge is -2.11. The van der Waals surface area contributed by atoms with Gasteiger partial charge in [-0.25, -0.2) is 4.98 Å². The third-order valence-corrected chi connectivity index (χ3v) is 6.39. The predicted octanol–water partition coefficient (Wildman–Crippen LogP) is 2.90. The topological polar surface area (TPSA) is 104 Å². The number of amides is 2. The fraction of sp³-hybridized carbons (Fsp3) is 0.267. The number of ether oxygens (including phenoxy) is 2. The molecule has 0 aliphatic carbocycles. The van der Waals surface area contributed by atoms with E-state index in [-0.39, 0.29) is 11.7 Å². The summed E-state index contributed by atoms with van der Waals surface area (Å²) in [5.41, 5.74) is 6.35. The number of thiazole rings is 1. The Kier molecular flexibility index (Phi) is 6.90. The molecule has 3 N–H and O–H groups in total. The highest BCUT2D eigenvalue weighted by molar-refractivity contribution is 14.1. The highest BCUT2D eigenvalue weighted by atomic mass is 127. The van der Waals surface area contributed by atoms with Gasteiger partial charge in [0.15, 0.2) is 16.6 Å². The second kappa shape index (κ2) is 8.72. The van der Waals surface area contributed by atoms with Gasteiger partial charge in [0, 0.05) is 3.57 Å². The van der Waals surface area contributed by atoms with E-state index < -0.39 is 5.91 Å². The number of anilines is 1. The van der Waals surface area contributed by atoms with Crippen LogP contribution in [-0.2, 0) is 4.79 Å². The van der Waals surface area contributed by atoms with E-state index in [9.17, 15) is 9.59 Å². The molecule has 0 aliphatic rings. The molecule has 0 fully saturated rings. The molecular weight excluding hydrogens is 477 g/mol. The molecule has 134 valence electrons. The first-order valence-corrected chi connectivity index (χ1v) is 9.85. The van der Waals surface area contributed by atoms with Crippen LogP contribution < -0.4 is 20.5 Å². The standard InChI is InChI=1S/C15H16IN3O4S2/c1-7-14(24-6-12(17)20)25-15(18-7)19-13(21)8-4-10(22-2)11(23-3)5-9(8)16/h4-5H,6H2,1-3H3,(H2,17,20)(H,18,19,21). The van der Waals surface area contributed by atoms with Crippen LogP contribution in [-0.4, -0.2) is 36.8 Å². The molecule has 0 atom stereocenters. The summed E-state index contributed by atoms with van der Waals surface area (Å²) in [7, 11) is 3.05. The predicted molar refractivity (Wildman–Crippen MR) is 107 cm³/mol. The summed E-state index contributed by atoms with van der Waals surface area (Å²) in [6.07, 6.45) is 0. The number of thioether (sulfide) groups is 1. The summed E-state index contributed by atoms with van der Waals surface area (Å²) >= 11 is 4.67. The zero-order valence-corrected chi connectivity index (χ0v) is 17.5. The molecule has 0 saturated heterocycles. The molecule has 25 heavy (non-hydrogen) atoms. The summed E-state index contributed by atoms with van der Waals surface area (Å²) in [6, 6.07) is 3.36. The quantitative estimate of drug-likeness (QED) is 0.454. The van der Waals surface area contributed by atoms with Gasteiger partial charge in [0.25, 0.3) is 5.91 Å². The van der Waals surface area contributed by atoms with Crippen molar-refractivity contribution in [1.82, 2.24) is 4.98 Å². The number of aromatic nitrogens is 1. The zero-order chi connectivity index (χ0) is 18.6. The number of aryl methyl sites for hydroxylation is 1. The van der Waals surface area contributed by atoms with Crippen LogP contribution in [0.4, 0.5) is 5.13 Å². The van der Waals surface area contributed by atoms with Gasteiger partial charge in [-0.05, 0) is 41.6 Å². The van der Waals surface area contributed by atoms with Crippen molar-refractivity contribution in [3.63, 3.8) is 0 Å². The lowest BCUT2D eigenvalue weighted by atomic mass is 10.2. The Morgan fingerprint density at radius 3 is 2.56 bits per heavy atom. The number of benzene rings is 1. The Bertz CT molecular complexity index is 810. The highest BCUT2D eigenvalue weighted by Crippen LogP contribution is 2.34.